The van der Waals surface area contributed by atoms with Crippen molar-refractivity contribution < 1.29 is 14.3 Å². The summed E-state index contributed by atoms with van der Waals surface area (Å²) in [7, 11) is 2.04. The van der Waals surface area contributed by atoms with Gasteiger partial charge in [-0.05, 0) is 37.5 Å². The van der Waals surface area contributed by atoms with Crippen molar-refractivity contribution in [3.05, 3.63) is 17.7 Å². The van der Waals surface area contributed by atoms with E-state index in [2.05, 4.69) is 9.55 Å². The van der Waals surface area contributed by atoms with E-state index in [-0.39, 0.29) is 11.8 Å². The Morgan fingerprint density at radius 1 is 1.24 bits per heavy atom. The van der Waals surface area contributed by atoms with Crippen molar-refractivity contribution in [2.75, 3.05) is 33.0 Å². The quantitative estimate of drug-likeness (QED) is 0.791. The third kappa shape index (κ3) is 4.06. The van der Waals surface area contributed by atoms with Crippen molar-refractivity contribution in [1.29, 1.82) is 0 Å². The average Bonchev–Trinajstić information content (AvgIpc) is 3.36. The first kappa shape index (κ1) is 17.0. The molecule has 0 aromatic carbocycles. The summed E-state index contributed by atoms with van der Waals surface area (Å²) < 4.78 is 13.6. The highest BCUT2D eigenvalue weighted by Crippen LogP contribution is 2.34. The predicted molar refractivity (Wildman–Crippen MR) is 93.1 cm³/mol. The van der Waals surface area contributed by atoms with Crippen LogP contribution in [0.4, 0.5) is 0 Å². The Bertz CT molecular complexity index is 605. The first-order valence-corrected chi connectivity index (χ1v) is 9.64. The molecule has 1 atom stereocenters. The molecule has 0 radical (unpaired) electrons. The van der Waals surface area contributed by atoms with E-state index in [0.29, 0.717) is 31.4 Å². The minimum absolute atomic E-state index is 0.222. The van der Waals surface area contributed by atoms with Gasteiger partial charge in [-0.2, -0.15) is 0 Å². The third-order valence-electron chi connectivity index (χ3n) is 5.76. The normalized spacial score (nSPS) is 24.4. The number of carbonyl (C=O) groups excluding carboxylic acids is 1. The van der Waals surface area contributed by atoms with Gasteiger partial charge in [-0.3, -0.25) is 4.79 Å². The molecule has 0 spiro atoms. The van der Waals surface area contributed by atoms with Crippen LogP contribution in [0.2, 0.25) is 0 Å². The number of imidazole rings is 1. The molecule has 0 bridgehead atoms. The fraction of sp³-hybridized carbons (Fsp3) is 0.789. The van der Waals surface area contributed by atoms with Gasteiger partial charge in [0.1, 0.15) is 0 Å². The number of carbonyl (C=O) groups is 1. The van der Waals surface area contributed by atoms with E-state index < -0.39 is 0 Å². The molecular formula is C19H29N3O3. The van der Waals surface area contributed by atoms with Crippen LogP contribution in [-0.4, -0.2) is 53.3 Å². The molecule has 6 nitrogen and oxygen atoms in total. The molecule has 1 saturated carbocycles. The van der Waals surface area contributed by atoms with E-state index in [1.54, 1.807) is 0 Å². The van der Waals surface area contributed by atoms with E-state index in [1.807, 2.05) is 18.3 Å². The van der Waals surface area contributed by atoms with E-state index in [4.69, 9.17) is 9.47 Å². The zero-order valence-electron chi connectivity index (χ0n) is 15.2. The molecule has 1 amide bonds. The number of fused-ring (bicyclic) bond motifs is 1. The van der Waals surface area contributed by atoms with Crippen LogP contribution >= 0.6 is 0 Å². The molecule has 25 heavy (non-hydrogen) atoms. The Balaban J connectivity index is 1.37. The molecule has 0 unspecified atom stereocenters. The molecule has 1 aliphatic carbocycles. The number of hydrogen-bond acceptors (Lipinski definition) is 4. The number of rotatable bonds is 6. The van der Waals surface area contributed by atoms with Crippen molar-refractivity contribution in [3.63, 3.8) is 0 Å². The highest BCUT2D eigenvalue weighted by Gasteiger charge is 2.34. The molecule has 4 rings (SSSR count). The third-order valence-corrected chi connectivity index (χ3v) is 5.76. The van der Waals surface area contributed by atoms with Crippen LogP contribution in [-0.2, 0) is 27.9 Å². The number of hydrogen-bond donors (Lipinski definition) is 0. The van der Waals surface area contributed by atoms with Gasteiger partial charge in [-0.25, -0.2) is 4.98 Å². The first-order chi connectivity index (χ1) is 12.2. The van der Waals surface area contributed by atoms with Crippen molar-refractivity contribution in [2.24, 2.45) is 18.9 Å². The highest BCUT2D eigenvalue weighted by molar-refractivity contribution is 5.77. The van der Waals surface area contributed by atoms with Crippen LogP contribution in [0, 0.1) is 11.8 Å². The number of nitrogens with zero attached hydrogens (tertiary/aromatic N) is 3. The minimum Gasteiger partial charge on any atom is -0.381 e. The number of ether oxygens (including phenoxy) is 2. The molecule has 0 N–H and O–H groups in total. The van der Waals surface area contributed by atoms with Crippen LogP contribution in [0.25, 0.3) is 0 Å². The average molecular weight is 347 g/mol. The fourth-order valence-corrected chi connectivity index (χ4v) is 4.04. The second-order valence-corrected chi connectivity index (χ2v) is 7.90. The molecule has 2 aliphatic heterocycles. The first-order valence-electron chi connectivity index (χ1n) is 9.64. The Labute approximate surface area is 149 Å². The van der Waals surface area contributed by atoms with Crippen LogP contribution in [0.15, 0.2) is 6.33 Å². The van der Waals surface area contributed by atoms with Gasteiger partial charge in [0.05, 0.1) is 25.2 Å². The lowest BCUT2D eigenvalue weighted by Crippen LogP contribution is -2.40. The lowest BCUT2D eigenvalue weighted by atomic mass is 9.98. The second kappa shape index (κ2) is 7.46. The van der Waals surface area contributed by atoms with Gasteiger partial charge in [0, 0.05) is 51.4 Å². The summed E-state index contributed by atoms with van der Waals surface area (Å²) in [6.07, 6.45) is 7.18. The molecule has 3 heterocycles. The molecule has 1 aromatic heterocycles. The zero-order chi connectivity index (χ0) is 17.2. The molecular weight excluding hydrogens is 318 g/mol. The predicted octanol–water partition coefficient (Wildman–Crippen LogP) is 2.09. The zero-order valence-corrected chi connectivity index (χ0v) is 15.2. The molecule has 138 valence electrons. The number of aryl methyl sites for hydroxylation is 1. The standard InChI is InChI=1S/C19H29N3O3/c1-21-13-20-17-10-22(18(23)8-14-2-3-14)9-16(19(17)21)12-25-11-15-4-6-24-7-5-15/h13-16H,2-12H2,1H3/t16-/m1/s1. The van der Waals surface area contributed by atoms with E-state index in [9.17, 15) is 4.79 Å². The Hall–Kier alpha value is -1.40. The highest BCUT2D eigenvalue weighted by atomic mass is 16.5. The van der Waals surface area contributed by atoms with Gasteiger partial charge in [-0.15, -0.1) is 0 Å². The second-order valence-electron chi connectivity index (χ2n) is 7.90. The van der Waals surface area contributed by atoms with Crippen LogP contribution in [0.3, 0.4) is 0 Å². The summed E-state index contributed by atoms with van der Waals surface area (Å²) in [5, 5.41) is 0. The lowest BCUT2D eigenvalue weighted by Gasteiger charge is -2.33. The number of amides is 1. The van der Waals surface area contributed by atoms with Gasteiger partial charge in [0.2, 0.25) is 5.91 Å². The molecule has 1 aromatic rings. The summed E-state index contributed by atoms with van der Waals surface area (Å²) in [6.45, 7) is 4.57. The van der Waals surface area contributed by atoms with Crippen LogP contribution in [0.1, 0.15) is 49.4 Å². The van der Waals surface area contributed by atoms with Crippen molar-refractivity contribution >= 4 is 5.91 Å². The summed E-state index contributed by atoms with van der Waals surface area (Å²) in [5.41, 5.74) is 2.28. The molecule has 2 fully saturated rings. The SMILES string of the molecule is Cn1cnc2c1[C@@H](COCC1CCOCC1)CN(C(=O)CC1CC1)C2. The summed E-state index contributed by atoms with van der Waals surface area (Å²) in [6, 6.07) is 0. The van der Waals surface area contributed by atoms with Crippen LogP contribution < -0.4 is 0 Å². The Morgan fingerprint density at radius 2 is 2.04 bits per heavy atom. The van der Waals surface area contributed by atoms with Gasteiger partial charge in [0.15, 0.2) is 0 Å². The van der Waals surface area contributed by atoms with E-state index >= 15 is 0 Å². The Morgan fingerprint density at radius 3 is 2.80 bits per heavy atom. The lowest BCUT2D eigenvalue weighted by molar-refractivity contribution is -0.133. The van der Waals surface area contributed by atoms with E-state index in [0.717, 1.165) is 44.9 Å². The van der Waals surface area contributed by atoms with Gasteiger partial charge >= 0.3 is 0 Å². The Kier molecular flexibility index (Phi) is 5.08. The number of aromatic nitrogens is 2. The maximum absolute atomic E-state index is 12.6. The minimum atomic E-state index is 0.222. The van der Waals surface area contributed by atoms with E-state index in [1.165, 1.54) is 18.5 Å². The summed E-state index contributed by atoms with van der Waals surface area (Å²) in [4.78, 5) is 19.1. The largest absolute Gasteiger partial charge is 0.381 e. The summed E-state index contributed by atoms with van der Waals surface area (Å²) >= 11 is 0. The molecule has 1 saturated heterocycles. The smallest absolute Gasteiger partial charge is 0.223 e. The fourth-order valence-electron chi connectivity index (χ4n) is 4.04. The van der Waals surface area contributed by atoms with Crippen molar-refractivity contribution in [2.45, 2.75) is 44.6 Å². The maximum atomic E-state index is 12.6. The van der Waals surface area contributed by atoms with Gasteiger partial charge in [0.25, 0.3) is 0 Å². The van der Waals surface area contributed by atoms with Crippen LogP contribution in [0.5, 0.6) is 0 Å². The maximum Gasteiger partial charge on any atom is 0.223 e. The van der Waals surface area contributed by atoms with Gasteiger partial charge < -0.3 is 18.9 Å². The van der Waals surface area contributed by atoms with Crippen molar-refractivity contribution in [3.8, 4) is 0 Å². The van der Waals surface area contributed by atoms with Crippen molar-refractivity contribution in [1.82, 2.24) is 14.5 Å². The van der Waals surface area contributed by atoms with Gasteiger partial charge in [-0.1, -0.05) is 0 Å². The topological polar surface area (TPSA) is 56.6 Å². The molecule has 3 aliphatic rings. The monoisotopic (exact) mass is 347 g/mol. The summed E-state index contributed by atoms with van der Waals surface area (Å²) in [5.74, 6) is 1.74. The molecule has 6 heteroatoms.